The molecular formula is C14H11ClN2O2. The van der Waals surface area contributed by atoms with Crippen LogP contribution in [-0.2, 0) is 9.53 Å². The highest BCUT2D eigenvalue weighted by molar-refractivity contribution is 6.32. The number of nitrogens with one attached hydrogen (secondary N) is 1. The molecule has 0 fully saturated rings. The number of hydrogen-bond donors (Lipinski definition) is 1. The Bertz CT molecular complexity index is 600. The number of halogens is 1. The van der Waals surface area contributed by atoms with Gasteiger partial charge in [-0.25, -0.2) is 0 Å². The first-order chi connectivity index (χ1) is 9.20. The van der Waals surface area contributed by atoms with Crippen molar-refractivity contribution in [2.24, 2.45) is 0 Å². The van der Waals surface area contributed by atoms with E-state index in [9.17, 15) is 4.79 Å². The van der Waals surface area contributed by atoms with E-state index >= 15 is 0 Å². The molecule has 0 saturated heterocycles. The highest BCUT2D eigenvalue weighted by Gasteiger charge is 2.16. The first kappa shape index (κ1) is 13.2. The molecule has 1 aromatic rings. The molecule has 0 radical (unpaired) electrons. The molecule has 1 aliphatic rings. The number of nitriles is 1. The number of ether oxygens (including phenoxy) is 1. The molecule has 0 atom stereocenters. The summed E-state index contributed by atoms with van der Waals surface area (Å²) in [7, 11) is 0. The third kappa shape index (κ3) is 3.36. The van der Waals surface area contributed by atoms with Gasteiger partial charge in [0.05, 0.1) is 12.2 Å². The highest BCUT2D eigenvalue weighted by atomic mass is 35.5. The Morgan fingerprint density at radius 3 is 3.00 bits per heavy atom. The van der Waals surface area contributed by atoms with Gasteiger partial charge in [0.2, 0.25) is 5.88 Å². The molecule has 19 heavy (non-hydrogen) atoms. The van der Waals surface area contributed by atoms with Crippen LogP contribution in [0.2, 0.25) is 5.02 Å². The largest absolute Gasteiger partial charge is 0.478 e. The summed E-state index contributed by atoms with van der Waals surface area (Å²) in [6.45, 7) is 0.423. The molecule has 2 rings (SSSR count). The maximum atomic E-state index is 11.7. The van der Waals surface area contributed by atoms with Crippen molar-refractivity contribution in [2.75, 3.05) is 6.61 Å². The first-order valence-electron chi connectivity index (χ1n) is 5.70. The summed E-state index contributed by atoms with van der Waals surface area (Å²) >= 11 is 5.96. The lowest BCUT2D eigenvalue weighted by molar-refractivity contribution is -0.116. The second-order valence-corrected chi connectivity index (χ2v) is 4.27. The van der Waals surface area contributed by atoms with E-state index in [0.717, 1.165) is 5.56 Å². The molecule has 1 heterocycles. The van der Waals surface area contributed by atoms with Crippen molar-refractivity contribution >= 4 is 23.6 Å². The number of carbonyl (C=O) groups excluding carboxylic acids is 1. The topological polar surface area (TPSA) is 62.1 Å². The Morgan fingerprint density at radius 1 is 1.47 bits per heavy atom. The zero-order chi connectivity index (χ0) is 13.7. The van der Waals surface area contributed by atoms with Gasteiger partial charge in [-0.1, -0.05) is 29.8 Å². The van der Waals surface area contributed by atoms with E-state index < -0.39 is 0 Å². The predicted molar refractivity (Wildman–Crippen MR) is 71.8 cm³/mol. The first-order valence-corrected chi connectivity index (χ1v) is 6.08. The SMILES string of the molecule is N#CC1=C(NC(=O)/C=C/c2ccccc2Cl)OCC1. The monoisotopic (exact) mass is 274 g/mol. The fourth-order valence-electron chi connectivity index (χ4n) is 1.60. The molecule has 4 nitrogen and oxygen atoms in total. The summed E-state index contributed by atoms with van der Waals surface area (Å²) in [4.78, 5) is 11.7. The average Bonchev–Trinajstić information content (AvgIpc) is 2.85. The van der Waals surface area contributed by atoms with Crippen LogP contribution >= 0.6 is 11.6 Å². The molecule has 0 aliphatic carbocycles. The Balaban J connectivity index is 2.03. The van der Waals surface area contributed by atoms with Crippen LogP contribution in [0.3, 0.4) is 0 Å². The number of nitrogens with zero attached hydrogens (tertiary/aromatic N) is 1. The van der Waals surface area contributed by atoms with Crippen LogP contribution in [0.4, 0.5) is 0 Å². The Morgan fingerprint density at radius 2 is 2.26 bits per heavy atom. The summed E-state index contributed by atoms with van der Waals surface area (Å²) in [6, 6.07) is 9.20. The summed E-state index contributed by atoms with van der Waals surface area (Å²) in [5.74, 6) is -0.110. The van der Waals surface area contributed by atoms with Crippen LogP contribution in [0.25, 0.3) is 6.08 Å². The number of benzene rings is 1. The van der Waals surface area contributed by atoms with E-state index in [1.165, 1.54) is 6.08 Å². The van der Waals surface area contributed by atoms with E-state index in [-0.39, 0.29) is 11.8 Å². The van der Waals surface area contributed by atoms with Gasteiger partial charge >= 0.3 is 0 Å². The summed E-state index contributed by atoms with van der Waals surface area (Å²) in [5.41, 5.74) is 1.21. The lowest BCUT2D eigenvalue weighted by Crippen LogP contribution is -2.21. The van der Waals surface area contributed by atoms with Crippen LogP contribution < -0.4 is 5.32 Å². The molecule has 0 spiro atoms. The minimum Gasteiger partial charge on any atom is -0.478 e. The maximum absolute atomic E-state index is 11.7. The van der Waals surface area contributed by atoms with Crippen LogP contribution in [-0.4, -0.2) is 12.5 Å². The third-order valence-electron chi connectivity index (χ3n) is 2.56. The van der Waals surface area contributed by atoms with Crippen molar-refractivity contribution in [3.05, 3.63) is 52.4 Å². The lowest BCUT2D eigenvalue weighted by Gasteiger charge is -2.03. The number of hydrogen-bond acceptors (Lipinski definition) is 3. The van der Waals surface area contributed by atoms with Crippen LogP contribution in [0.1, 0.15) is 12.0 Å². The van der Waals surface area contributed by atoms with Crippen molar-refractivity contribution in [3.8, 4) is 6.07 Å². The van der Waals surface area contributed by atoms with E-state index in [1.54, 1.807) is 18.2 Å². The van der Waals surface area contributed by atoms with Crippen molar-refractivity contribution in [3.63, 3.8) is 0 Å². The lowest BCUT2D eigenvalue weighted by atomic mass is 10.2. The van der Waals surface area contributed by atoms with Crippen LogP contribution in [0.15, 0.2) is 41.8 Å². The van der Waals surface area contributed by atoms with Gasteiger partial charge in [0.25, 0.3) is 5.91 Å². The zero-order valence-corrected chi connectivity index (χ0v) is 10.8. The van der Waals surface area contributed by atoms with Crippen molar-refractivity contribution in [1.29, 1.82) is 5.26 Å². The van der Waals surface area contributed by atoms with E-state index in [1.807, 2.05) is 18.2 Å². The highest BCUT2D eigenvalue weighted by Crippen LogP contribution is 2.17. The van der Waals surface area contributed by atoms with Crippen molar-refractivity contribution < 1.29 is 9.53 Å². The minimum absolute atomic E-state index is 0.247. The van der Waals surface area contributed by atoms with Gasteiger partial charge in [0, 0.05) is 17.5 Å². The second kappa shape index (κ2) is 6.07. The van der Waals surface area contributed by atoms with Gasteiger partial charge < -0.3 is 4.74 Å². The zero-order valence-electron chi connectivity index (χ0n) is 10.0. The molecule has 96 valence electrons. The Hall–Kier alpha value is -2.25. The van der Waals surface area contributed by atoms with Gasteiger partial charge in [0.1, 0.15) is 6.07 Å². The third-order valence-corrected chi connectivity index (χ3v) is 2.91. The molecule has 0 unspecified atom stereocenters. The number of rotatable bonds is 3. The molecule has 0 aromatic heterocycles. The summed E-state index contributed by atoms with van der Waals surface area (Å²) in [5, 5.41) is 11.9. The standard InChI is InChI=1S/C14H11ClN2O2/c15-12-4-2-1-3-10(12)5-6-13(18)17-14-11(9-16)7-8-19-14/h1-6H,7-8H2,(H,17,18)/b6-5+. The smallest absolute Gasteiger partial charge is 0.250 e. The van der Waals surface area contributed by atoms with E-state index in [4.69, 9.17) is 21.6 Å². The molecule has 0 saturated carbocycles. The second-order valence-electron chi connectivity index (χ2n) is 3.86. The van der Waals surface area contributed by atoms with Crippen LogP contribution in [0.5, 0.6) is 0 Å². The quantitative estimate of drug-likeness (QED) is 0.862. The maximum Gasteiger partial charge on any atom is 0.250 e. The van der Waals surface area contributed by atoms with Gasteiger partial charge in [-0.05, 0) is 17.7 Å². The predicted octanol–water partition coefficient (Wildman–Crippen LogP) is 2.62. The van der Waals surface area contributed by atoms with Crippen molar-refractivity contribution in [1.82, 2.24) is 5.32 Å². The van der Waals surface area contributed by atoms with E-state index in [2.05, 4.69) is 5.32 Å². The molecule has 1 amide bonds. The Kier molecular flexibility index (Phi) is 4.22. The normalized spacial score (nSPS) is 14.3. The number of amides is 1. The summed E-state index contributed by atoms with van der Waals surface area (Å²) in [6.07, 6.45) is 3.49. The summed E-state index contributed by atoms with van der Waals surface area (Å²) < 4.78 is 5.17. The average molecular weight is 275 g/mol. The molecule has 0 bridgehead atoms. The fraction of sp³-hybridized carbons (Fsp3) is 0.143. The van der Waals surface area contributed by atoms with Gasteiger partial charge in [-0.15, -0.1) is 0 Å². The van der Waals surface area contributed by atoms with Crippen LogP contribution in [0, 0.1) is 11.3 Å². The van der Waals surface area contributed by atoms with Gasteiger partial charge in [-0.3, -0.25) is 10.1 Å². The molecule has 1 N–H and O–H groups in total. The molecule has 1 aliphatic heterocycles. The number of carbonyl (C=O) groups is 1. The van der Waals surface area contributed by atoms with Crippen molar-refractivity contribution in [2.45, 2.75) is 6.42 Å². The van der Waals surface area contributed by atoms with Gasteiger partial charge in [-0.2, -0.15) is 5.26 Å². The molecular weight excluding hydrogens is 264 g/mol. The molecule has 5 heteroatoms. The van der Waals surface area contributed by atoms with Gasteiger partial charge in [0.15, 0.2) is 0 Å². The molecule has 1 aromatic carbocycles. The fourth-order valence-corrected chi connectivity index (χ4v) is 1.80. The Labute approximate surface area is 115 Å². The minimum atomic E-state index is -0.357. The van der Waals surface area contributed by atoms with E-state index in [0.29, 0.717) is 23.6 Å².